The summed E-state index contributed by atoms with van der Waals surface area (Å²) >= 11 is 0. The van der Waals surface area contributed by atoms with Crippen LogP contribution in [0.25, 0.3) is 11.1 Å². The maximum Gasteiger partial charge on any atom is 0.353 e. The second-order valence-electron chi connectivity index (χ2n) is 8.34. The van der Waals surface area contributed by atoms with E-state index in [1.54, 1.807) is 28.8 Å². The van der Waals surface area contributed by atoms with Gasteiger partial charge in [0.15, 0.2) is 0 Å². The Kier molecular flexibility index (Phi) is 7.41. The molecule has 0 amide bonds. The van der Waals surface area contributed by atoms with E-state index in [4.69, 9.17) is 0 Å². The number of carbonyl (C=O) groups excluding carboxylic acids is 1. The second-order valence-corrected chi connectivity index (χ2v) is 8.34. The first kappa shape index (κ1) is 23.2. The summed E-state index contributed by atoms with van der Waals surface area (Å²) in [6.45, 7) is 6.38. The van der Waals surface area contributed by atoms with E-state index >= 15 is 0 Å². The van der Waals surface area contributed by atoms with Gasteiger partial charge >= 0.3 is 11.7 Å². The summed E-state index contributed by atoms with van der Waals surface area (Å²) in [7, 11) is 0. The van der Waals surface area contributed by atoms with Gasteiger partial charge in [-0.15, -0.1) is 9.78 Å². The van der Waals surface area contributed by atoms with Crippen LogP contribution in [-0.2, 0) is 13.0 Å². The lowest BCUT2D eigenvalue weighted by atomic mass is 9.99. The number of aromatic carboxylic acids is 1. The normalized spacial score (nSPS) is 11.1. The molecular formula is C25H29N3O4. The van der Waals surface area contributed by atoms with E-state index < -0.39 is 11.7 Å². The van der Waals surface area contributed by atoms with Crippen molar-refractivity contribution in [2.75, 3.05) is 0 Å². The van der Waals surface area contributed by atoms with E-state index in [-0.39, 0.29) is 17.4 Å². The van der Waals surface area contributed by atoms with Crippen LogP contribution in [0.4, 0.5) is 0 Å². The van der Waals surface area contributed by atoms with Crippen LogP contribution in [0.2, 0.25) is 0 Å². The summed E-state index contributed by atoms with van der Waals surface area (Å²) in [6.07, 6.45) is 2.48. The number of rotatable bonds is 9. The van der Waals surface area contributed by atoms with Crippen molar-refractivity contribution in [2.24, 2.45) is 5.92 Å². The summed E-state index contributed by atoms with van der Waals surface area (Å²) in [5.74, 6) is -0.379. The Hall–Kier alpha value is -3.48. The average Bonchev–Trinajstić information content (AvgIpc) is 3.07. The molecule has 3 rings (SSSR count). The molecule has 32 heavy (non-hydrogen) atoms. The molecule has 0 fully saturated rings. The standard InChI is InChI=1S/C25H29N3O4/c1-4-5-10-23(29)28-25(32)27(22(26-28)15-17(2)3)16-18-11-13-19(14-12-18)20-8-6-7-9-21(20)24(30)31/h6-9,11-14,17H,4-5,10,15-16H2,1-3H3,(H,30,31). The van der Waals surface area contributed by atoms with Crippen LogP contribution in [0.1, 0.15) is 66.6 Å². The number of aromatic nitrogens is 3. The molecule has 3 aromatic rings. The van der Waals surface area contributed by atoms with Gasteiger partial charge in [0.05, 0.1) is 12.1 Å². The van der Waals surface area contributed by atoms with Crippen molar-refractivity contribution in [2.45, 2.75) is 53.0 Å². The van der Waals surface area contributed by atoms with E-state index in [1.807, 2.05) is 45.0 Å². The highest BCUT2D eigenvalue weighted by Gasteiger charge is 2.19. The third-order valence-electron chi connectivity index (χ3n) is 5.27. The first-order valence-corrected chi connectivity index (χ1v) is 10.9. The van der Waals surface area contributed by atoms with Crippen LogP contribution in [0, 0.1) is 5.92 Å². The van der Waals surface area contributed by atoms with E-state index in [0.717, 1.165) is 28.7 Å². The predicted molar refractivity (Wildman–Crippen MR) is 123 cm³/mol. The maximum absolute atomic E-state index is 13.0. The van der Waals surface area contributed by atoms with Gasteiger partial charge in [0.25, 0.3) is 5.91 Å². The third-order valence-corrected chi connectivity index (χ3v) is 5.27. The average molecular weight is 436 g/mol. The zero-order valence-corrected chi connectivity index (χ0v) is 18.7. The number of hydrogen-bond donors (Lipinski definition) is 1. The Morgan fingerprint density at radius 1 is 1.06 bits per heavy atom. The Balaban J connectivity index is 1.91. The SMILES string of the molecule is CCCCC(=O)n1nc(CC(C)C)n(Cc2ccc(-c3ccccc3C(=O)O)cc2)c1=O. The summed E-state index contributed by atoms with van der Waals surface area (Å²) < 4.78 is 2.56. The number of carboxylic acid groups (broad SMARTS) is 1. The van der Waals surface area contributed by atoms with Gasteiger partial charge in [-0.1, -0.05) is 69.7 Å². The number of benzene rings is 2. The lowest BCUT2D eigenvalue weighted by Gasteiger charge is -2.10. The number of hydrogen-bond acceptors (Lipinski definition) is 4. The van der Waals surface area contributed by atoms with Crippen molar-refractivity contribution in [3.8, 4) is 11.1 Å². The molecule has 2 aromatic carbocycles. The van der Waals surface area contributed by atoms with E-state index in [1.165, 1.54) is 0 Å². The van der Waals surface area contributed by atoms with Crippen LogP contribution in [0.15, 0.2) is 53.3 Å². The van der Waals surface area contributed by atoms with Gasteiger partial charge in [0.1, 0.15) is 5.82 Å². The minimum Gasteiger partial charge on any atom is -0.478 e. The first-order valence-electron chi connectivity index (χ1n) is 10.9. The van der Waals surface area contributed by atoms with Gasteiger partial charge in [-0.25, -0.2) is 9.59 Å². The van der Waals surface area contributed by atoms with Crippen molar-refractivity contribution in [1.82, 2.24) is 14.3 Å². The van der Waals surface area contributed by atoms with Gasteiger partial charge in [0, 0.05) is 12.8 Å². The molecule has 1 N–H and O–H groups in total. The molecule has 0 spiro atoms. The zero-order valence-electron chi connectivity index (χ0n) is 18.7. The molecule has 168 valence electrons. The van der Waals surface area contributed by atoms with Gasteiger partial charge in [-0.2, -0.15) is 0 Å². The highest BCUT2D eigenvalue weighted by atomic mass is 16.4. The van der Waals surface area contributed by atoms with Crippen LogP contribution >= 0.6 is 0 Å². The Morgan fingerprint density at radius 2 is 1.75 bits per heavy atom. The van der Waals surface area contributed by atoms with Crippen LogP contribution in [0.5, 0.6) is 0 Å². The Morgan fingerprint density at radius 3 is 2.38 bits per heavy atom. The zero-order chi connectivity index (χ0) is 23.3. The molecule has 0 aliphatic rings. The van der Waals surface area contributed by atoms with Crippen LogP contribution < -0.4 is 5.69 Å². The van der Waals surface area contributed by atoms with E-state index in [0.29, 0.717) is 30.8 Å². The van der Waals surface area contributed by atoms with Gasteiger partial charge in [-0.05, 0) is 35.1 Å². The predicted octanol–water partition coefficient (Wildman–Crippen LogP) is 4.49. The van der Waals surface area contributed by atoms with Gasteiger partial charge in [0.2, 0.25) is 0 Å². The largest absolute Gasteiger partial charge is 0.478 e. The monoisotopic (exact) mass is 435 g/mol. The van der Waals surface area contributed by atoms with Crippen molar-refractivity contribution >= 4 is 11.9 Å². The van der Waals surface area contributed by atoms with E-state index in [2.05, 4.69) is 5.10 Å². The highest BCUT2D eigenvalue weighted by Crippen LogP contribution is 2.24. The quantitative estimate of drug-likeness (QED) is 0.534. The Bertz CT molecular complexity index is 1160. The molecule has 1 heterocycles. The molecule has 0 aliphatic heterocycles. The fourth-order valence-corrected chi connectivity index (χ4v) is 3.60. The van der Waals surface area contributed by atoms with Crippen molar-refractivity contribution in [3.05, 3.63) is 76.0 Å². The van der Waals surface area contributed by atoms with Crippen molar-refractivity contribution in [3.63, 3.8) is 0 Å². The van der Waals surface area contributed by atoms with Crippen molar-refractivity contribution < 1.29 is 14.7 Å². The van der Waals surface area contributed by atoms with Gasteiger partial charge < -0.3 is 5.11 Å². The number of nitrogens with zero attached hydrogens (tertiary/aromatic N) is 3. The topological polar surface area (TPSA) is 94.2 Å². The lowest BCUT2D eigenvalue weighted by molar-refractivity contribution is 0.0697. The smallest absolute Gasteiger partial charge is 0.353 e. The maximum atomic E-state index is 13.0. The molecule has 1 aromatic heterocycles. The molecule has 7 nitrogen and oxygen atoms in total. The summed E-state index contributed by atoms with van der Waals surface area (Å²) in [5, 5.41) is 13.8. The van der Waals surface area contributed by atoms with Gasteiger partial charge in [-0.3, -0.25) is 9.36 Å². The number of carboxylic acids is 1. The molecule has 0 unspecified atom stereocenters. The molecule has 7 heteroatoms. The molecule has 0 aliphatic carbocycles. The molecule has 0 radical (unpaired) electrons. The molecular weight excluding hydrogens is 406 g/mol. The molecule has 0 saturated heterocycles. The fraction of sp³-hybridized carbons (Fsp3) is 0.360. The summed E-state index contributed by atoms with van der Waals surface area (Å²) in [6, 6.07) is 14.3. The third kappa shape index (κ3) is 5.22. The fourth-order valence-electron chi connectivity index (χ4n) is 3.60. The number of carbonyl (C=O) groups is 2. The van der Waals surface area contributed by atoms with E-state index in [9.17, 15) is 19.5 Å². The summed E-state index contributed by atoms with van der Waals surface area (Å²) in [4.78, 5) is 36.9. The number of unbranched alkanes of at least 4 members (excludes halogenated alkanes) is 1. The van der Waals surface area contributed by atoms with Crippen LogP contribution in [0.3, 0.4) is 0 Å². The molecule has 0 atom stereocenters. The highest BCUT2D eigenvalue weighted by molar-refractivity contribution is 5.96. The van der Waals surface area contributed by atoms with Crippen molar-refractivity contribution in [1.29, 1.82) is 0 Å². The first-order chi connectivity index (χ1) is 15.3. The lowest BCUT2D eigenvalue weighted by Crippen LogP contribution is -2.30. The summed E-state index contributed by atoms with van der Waals surface area (Å²) in [5.41, 5.74) is 2.12. The second kappa shape index (κ2) is 10.2. The van der Waals surface area contributed by atoms with Crippen LogP contribution in [-0.4, -0.2) is 31.3 Å². The minimum absolute atomic E-state index is 0.238. The Labute approximate surface area is 187 Å². The minimum atomic E-state index is -0.977. The molecule has 0 bridgehead atoms. The molecule has 0 saturated carbocycles.